The van der Waals surface area contributed by atoms with Crippen LogP contribution in [0.5, 0.6) is 5.75 Å². The first-order valence-electron chi connectivity index (χ1n) is 9.61. The van der Waals surface area contributed by atoms with E-state index in [2.05, 4.69) is 24.1 Å². The fourth-order valence-corrected chi connectivity index (χ4v) is 4.42. The summed E-state index contributed by atoms with van der Waals surface area (Å²) in [5.74, 6) is 0.198. The lowest BCUT2D eigenvalue weighted by Crippen LogP contribution is -2.50. The number of hydrogen-bond acceptors (Lipinski definition) is 5. The molecule has 0 aliphatic carbocycles. The van der Waals surface area contributed by atoms with E-state index in [-0.39, 0.29) is 34.6 Å². The van der Waals surface area contributed by atoms with Crippen molar-refractivity contribution in [3.8, 4) is 5.75 Å². The lowest BCUT2D eigenvalue weighted by molar-refractivity contribution is -0.121. The van der Waals surface area contributed by atoms with Crippen molar-refractivity contribution in [3.05, 3.63) is 24.3 Å². The van der Waals surface area contributed by atoms with Crippen molar-refractivity contribution >= 4 is 15.7 Å². The Kier molecular flexibility index (Phi) is 7.28. The Morgan fingerprint density at radius 3 is 2.33 bits per heavy atom. The normalized spacial score (nSPS) is 15.9. The molecule has 0 saturated carbocycles. The SMILES string of the molecule is CC(C)Oc1ccc(S(=O)(=O)CCC(=O)NCC(C)(C)N2CCCC2)cc1. The maximum absolute atomic E-state index is 12.5. The van der Waals surface area contributed by atoms with E-state index < -0.39 is 9.84 Å². The Bertz CT molecular complexity index is 721. The number of carbonyl (C=O) groups is 1. The van der Waals surface area contributed by atoms with Crippen molar-refractivity contribution in [2.45, 2.75) is 63.5 Å². The minimum atomic E-state index is -3.50. The van der Waals surface area contributed by atoms with Gasteiger partial charge in [0, 0.05) is 18.5 Å². The average Bonchev–Trinajstić information content (AvgIpc) is 3.14. The van der Waals surface area contributed by atoms with Crippen molar-refractivity contribution in [1.29, 1.82) is 0 Å². The number of carbonyl (C=O) groups excluding carboxylic acids is 1. The van der Waals surface area contributed by atoms with Crippen LogP contribution in [0.1, 0.15) is 47.0 Å². The summed E-state index contributed by atoms with van der Waals surface area (Å²) < 4.78 is 30.4. The number of rotatable bonds is 9. The van der Waals surface area contributed by atoms with Gasteiger partial charge in [-0.3, -0.25) is 9.69 Å². The molecular formula is C20H32N2O4S. The molecule has 1 N–H and O–H groups in total. The smallest absolute Gasteiger partial charge is 0.221 e. The van der Waals surface area contributed by atoms with E-state index in [1.54, 1.807) is 12.1 Å². The summed E-state index contributed by atoms with van der Waals surface area (Å²) in [5, 5.41) is 2.89. The van der Waals surface area contributed by atoms with Gasteiger partial charge in [-0.2, -0.15) is 0 Å². The van der Waals surface area contributed by atoms with Gasteiger partial charge in [0.1, 0.15) is 5.75 Å². The Balaban J connectivity index is 1.84. The van der Waals surface area contributed by atoms with Crippen LogP contribution in [0.4, 0.5) is 0 Å². The summed E-state index contributed by atoms with van der Waals surface area (Å²) in [7, 11) is -3.50. The fraction of sp³-hybridized carbons (Fsp3) is 0.650. The molecule has 7 heteroatoms. The molecule has 1 aromatic carbocycles. The third-order valence-corrected chi connectivity index (χ3v) is 6.56. The van der Waals surface area contributed by atoms with E-state index in [1.807, 2.05) is 13.8 Å². The highest BCUT2D eigenvalue weighted by Crippen LogP contribution is 2.21. The first kappa shape index (κ1) is 21.7. The summed E-state index contributed by atoms with van der Waals surface area (Å²) in [6, 6.07) is 6.35. The summed E-state index contributed by atoms with van der Waals surface area (Å²) >= 11 is 0. The molecule has 1 aromatic rings. The first-order chi connectivity index (χ1) is 12.6. The van der Waals surface area contributed by atoms with Gasteiger partial charge in [0.2, 0.25) is 5.91 Å². The van der Waals surface area contributed by atoms with E-state index in [0.29, 0.717) is 12.3 Å². The molecule has 0 bridgehead atoms. The van der Waals surface area contributed by atoms with E-state index >= 15 is 0 Å². The lowest BCUT2D eigenvalue weighted by atomic mass is 10.0. The van der Waals surface area contributed by atoms with Crippen molar-refractivity contribution < 1.29 is 17.9 Å². The van der Waals surface area contributed by atoms with Crippen molar-refractivity contribution in [2.75, 3.05) is 25.4 Å². The van der Waals surface area contributed by atoms with Crippen LogP contribution in [0, 0.1) is 0 Å². The molecular weight excluding hydrogens is 364 g/mol. The van der Waals surface area contributed by atoms with Gasteiger partial charge in [-0.15, -0.1) is 0 Å². The molecule has 1 amide bonds. The molecule has 1 saturated heterocycles. The standard InChI is InChI=1S/C20H32N2O4S/c1-16(2)26-17-7-9-18(10-8-17)27(24,25)14-11-19(23)21-15-20(3,4)22-12-5-6-13-22/h7-10,16H,5-6,11-15H2,1-4H3,(H,21,23). The van der Waals surface area contributed by atoms with Gasteiger partial charge in [0.05, 0.1) is 16.8 Å². The van der Waals surface area contributed by atoms with Gasteiger partial charge in [0.25, 0.3) is 0 Å². The zero-order chi connectivity index (χ0) is 20.1. The first-order valence-corrected chi connectivity index (χ1v) is 11.3. The second-order valence-electron chi connectivity index (χ2n) is 7.99. The van der Waals surface area contributed by atoms with Crippen molar-refractivity contribution in [2.24, 2.45) is 0 Å². The average molecular weight is 397 g/mol. The van der Waals surface area contributed by atoms with E-state index in [1.165, 1.54) is 25.0 Å². The lowest BCUT2D eigenvalue weighted by Gasteiger charge is -2.35. The van der Waals surface area contributed by atoms with E-state index in [0.717, 1.165) is 13.1 Å². The molecule has 2 rings (SSSR count). The van der Waals surface area contributed by atoms with E-state index in [9.17, 15) is 13.2 Å². The van der Waals surface area contributed by atoms with Crippen LogP contribution in [0.15, 0.2) is 29.2 Å². The Morgan fingerprint density at radius 2 is 1.78 bits per heavy atom. The van der Waals surface area contributed by atoms with Gasteiger partial charge in [-0.05, 0) is 77.9 Å². The molecule has 1 aliphatic heterocycles. The third-order valence-electron chi connectivity index (χ3n) is 4.83. The maximum Gasteiger partial charge on any atom is 0.221 e. The molecule has 0 spiro atoms. The van der Waals surface area contributed by atoms with Gasteiger partial charge < -0.3 is 10.1 Å². The quantitative estimate of drug-likeness (QED) is 0.694. The van der Waals surface area contributed by atoms with Crippen LogP contribution in [0.2, 0.25) is 0 Å². The zero-order valence-electron chi connectivity index (χ0n) is 16.8. The highest BCUT2D eigenvalue weighted by Gasteiger charge is 2.29. The second kappa shape index (κ2) is 9.06. The predicted molar refractivity (Wildman–Crippen MR) is 107 cm³/mol. The van der Waals surface area contributed by atoms with Crippen LogP contribution in [0.3, 0.4) is 0 Å². The largest absolute Gasteiger partial charge is 0.491 e. The summed E-state index contributed by atoms with van der Waals surface area (Å²) in [6.07, 6.45) is 2.37. The number of benzene rings is 1. The molecule has 152 valence electrons. The van der Waals surface area contributed by atoms with E-state index in [4.69, 9.17) is 4.74 Å². The Labute approximate surface area is 163 Å². The number of amides is 1. The van der Waals surface area contributed by atoms with Gasteiger partial charge in [0.15, 0.2) is 9.84 Å². The van der Waals surface area contributed by atoms with Crippen LogP contribution in [0.25, 0.3) is 0 Å². The zero-order valence-corrected chi connectivity index (χ0v) is 17.6. The Hall–Kier alpha value is -1.60. The van der Waals surface area contributed by atoms with Crippen LogP contribution in [-0.2, 0) is 14.6 Å². The molecule has 0 radical (unpaired) electrons. The summed E-state index contributed by atoms with van der Waals surface area (Å²) in [4.78, 5) is 14.7. The summed E-state index contributed by atoms with van der Waals surface area (Å²) in [5.41, 5.74) is -0.114. The molecule has 6 nitrogen and oxygen atoms in total. The monoisotopic (exact) mass is 396 g/mol. The van der Waals surface area contributed by atoms with Crippen LogP contribution in [-0.4, -0.2) is 56.3 Å². The molecule has 0 atom stereocenters. The molecule has 1 fully saturated rings. The number of ether oxygens (including phenoxy) is 1. The molecule has 1 heterocycles. The van der Waals surface area contributed by atoms with Crippen LogP contribution < -0.4 is 10.1 Å². The van der Waals surface area contributed by atoms with Gasteiger partial charge in [-0.1, -0.05) is 0 Å². The van der Waals surface area contributed by atoms with Gasteiger partial charge in [-0.25, -0.2) is 8.42 Å². The molecule has 27 heavy (non-hydrogen) atoms. The molecule has 0 unspecified atom stereocenters. The highest BCUT2D eigenvalue weighted by atomic mass is 32.2. The number of hydrogen-bond donors (Lipinski definition) is 1. The predicted octanol–water partition coefficient (Wildman–Crippen LogP) is 2.63. The van der Waals surface area contributed by atoms with Crippen molar-refractivity contribution in [1.82, 2.24) is 10.2 Å². The van der Waals surface area contributed by atoms with Crippen molar-refractivity contribution in [3.63, 3.8) is 0 Å². The number of nitrogens with zero attached hydrogens (tertiary/aromatic N) is 1. The third kappa shape index (κ3) is 6.50. The minimum absolute atomic E-state index is 0.0287. The van der Waals surface area contributed by atoms with Crippen LogP contribution >= 0.6 is 0 Å². The van der Waals surface area contributed by atoms with Gasteiger partial charge >= 0.3 is 0 Å². The topological polar surface area (TPSA) is 75.7 Å². The number of sulfone groups is 1. The molecule has 1 aliphatic rings. The number of likely N-dealkylation sites (tertiary alicyclic amines) is 1. The molecule has 0 aromatic heterocycles. The highest BCUT2D eigenvalue weighted by molar-refractivity contribution is 7.91. The Morgan fingerprint density at radius 1 is 1.19 bits per heavy atom. The number of nitrogens with one attached hydrogen (secondary N) is 1. The second-order valence-corrected chi connectivity index (χ2v) is 10.1. The maximum atomic E-state index is 12.5. The minimum Gasteiger partial charge on any atom is -0.491 e. The fourth-order valence-electron chi connectivity index (χ4n) is 3.18. The summed E-state index contributed by atoms with van der Waals surface area (Å²) in [6.45, 7) is 10.7.